The molecule has 142 valence electrons. The number of anilines is 1. The fourth-order valence-electron chi connectivity index (χ4n) is 3.84. The highest BCUT2D eigenvalue weighted by molar-refractivity contribution is 7.20. The van der Waals surface area contributed by atoms with Crippen LogP contribution in [0.25, 0.3) is 4.96 Å². The molecule has 3 aromatic rings. The Kier molecular flexibility index (Phi) is 3.82. The highest BCUT2D eigenvalue weighted by Crippen LogP contribution is 2.45. The van der Waals surface area contributed by atoms with Gasteiger partial charge in [-0.25, -0.2) is 9.50 Å². The van der Waals surface area contributed by atoms with Gasteiger partial charge < -0.3 is 14.4 Å². The predicted molar refractivity (Wildman–Crippen MR) is 106 cm³/mol. The first-order valence-electron chi connectivity index (χ1n) is 9.52. The number of aromatic nitrogens is 3. The second kappa shape index (κ2) is 6.12. The smallest absolute Gasteiger partial charge is 0.214 e. The number of rotatable bonds is 2. The van der Waals surface area contributed by atoms with Crippen molar-refractivity contribution in [3.63, 3.8) is 0 Å². The van der Waals surface area contributed by atoms with Crippen LogP contribution in [0, 0.1) is 0 Å². The van der Waals surface area contributed by atoms with E-state index in [1.54, 1.807) is 11.3 Å². The summed E-state index contributed by atoms with van der Waals surface area (Å²) >= 11 is 1.66. The third-order valence-electron chi connectivity index (χ3n) is 5.26. The number of hydrogen-bond acceptors (Lipinski definition) is 6. The van der Waals surface area contributed by atoms with Crippen LogP contribution < -0.4 is 14.4 Å². The van der Waals surface area contributed by atoms with Crippen molar-refractivity contribution in [3.8, 4) is 11.5 Å². The van der Waals surface area contributed by atoms with Crippen molar-refractivity contribution in [2.24, 2.45) is 0 Å². The average molecular weight is 385 g/mol. The molecular formula is C20H24N4O2S. The van der Waals surface area contributed by atoms with Gasteiger partial charge in [0.25, 0.3) is 0 Å². The molecule has 1 saturated heterocycles. The van der Waals surface area contributed by atoms with Crippen molar-refractivity contribution in [3.05, 3.63) is 35.7 Å². The van der Waals surface area contributed by atoms with Crippen LogP contribution in [0.3, 0.4) is 0 Å². The SMILES string of the molecule is CC(C)(C)c1cn2nc(N3CCCC3c3cccc4c3OCCO4)sc2n1. The summed E-state index contributed by atoms with van der Waals surface area (Å²) < 4.78 is 13.7. The van der Waals surface area contributed by atoms with Gasteiger partial charge in [-0.15, -0.1) is 5.10 Å². The Balaban J connectivity index is 1.50. The lowest BCUT2D eigenvalue weighted by Gasteiger charge is -2.28. The van der Waals surface area contributed by atoms with Gasteiger partial charge >= 0.3 is 0 Å². The third kappa shape index (κ3) is 2.84. The van der Waals surface area contributed by atoms with Crippen molar-refractivity contribution in [2.45, 2.75) is 45.1 Å². The van der Waals surface area contributed by atoms with Crippen LogP contribution in [-0.2, 0) is 5.41 Å². The van der Waals surface area contributed by atoms with Gasteiger partial charge in [0.15, 0.2) is 11.5 Å². The summed E-state index contributed by atoms with van der Waals surface area (Å²) in [5, 5.41) is 5.87. The van der Waals surface area contributed by atoms with Crippen molar-refractivity contribution < 1.29 is 9.47 Å². The van der Waals surface area contributed by atoms with Crippen molar-refractivity contribution >= 4 is 21.4 Å². The number of benzene rings is 1. The Morgan fingerprint density at radius 2 is 2.04 bits per heavy atom. The topological polar surface area (TPSA) is 51.9 Å². The Morgan fingerprint density at radius 1 is 1.19 bits per heavy atom. The van der Waals surface area contributed by atoms with E-state index < -0.39 is 0 Å². The van der Waals surface area contributed by atoms with E-state index in [0.29, 0.717) is 13.2 Å². The first-order valence-corrected chi connectivity index (χ1v) is 10.3. The number of para-hydroxylation sites is 1. The fourth-order valence-corrected chi connectivity index (χ4v) is 4.80. The molecule has 0 N–H and O–H groups in total. The number of ether oxygens (including phenoxy) is 2. The van der Waals surface area contributed by atoms with Crippen LogP contribution in [-0.4, -0.2) is 34.4 Å². The zero-order valence-electron chi connectivity index (χ0n) is 15.9. The van der Waals surface area contributed by atoms with Gasteiger partial charge in [-0.2, -0.15) is 0 Å². The molecule has 1 fully saturated rings. The van der Waals surface area contributed by atoms with E-state index in [1.165, 1.54) is 5.56 Å². The molecule has 2 aliphatic rings. The monoisotopic (exact) mass is 384 g/mol. The molecule has 0 spiro atoms. The number of imidazole rings is 1. The zero-order chi connectivity index (χ0) is 18.6. The lowest BCUT2D eigenvalue weighted by atomic mass is 9.93. The van der Waals surface area contributed by atoms with E-state index >= 15 is 0 Å². The molecule has 2 aromatic heterocycles. The minimum Gasteiger partial charge on any atom is -0.486 e. The molecule has 0 radical (unpaired) electrons. The lowest BCUT2D eigenvalue weighted by molar-refractivity contribution is 0.169. The van der Waals surface area contributed by atoms with E-state index in [4.69, 9.17) is 19.6 Å². The highest BCUT2D eigenvalue weighted by Gasteiger charge is 2.33. The number of hydrogen-bond donors (Lipinski definition) is 0. The first kappa shape index (κ1) is 16.9. The summed E-state index contributed by atoms with van der Waals surface area (Å²) in [5.74, 6) is 1.76. The van der Waals surface area contributed by atoms with Gasteiger partial charge in [-0.3, -0.25) is 0 Å². The summed E-state index contributed by atoms with van der Waals surface area (Å²) in [7, 11) is 0. The summed E-state index contributed by atoms with van der Waals surface area (Å²) in [5.41, 5.74) is 2.31. The zero-order valence-corrected chi connectivity index (χ0v) is 16.8. The van der Waals surface area contributed by atoms with Crippen LogP contribution in [0.1, 0.15) is 50.9 Å². The first-order chi connectivity index (χ1) is 13.0. The van der Waals surface area contributed by atoms with Crippen molar-refractivity contribution in [1.82, 2.24) is 14.6 Å². The van der Waals surface area contributed by atoms with E-state index in [1.807, 2.05) is 10.6 Å². The molecule has 4 heterocycles. The fraction of sp³-hybridized carbons (Fsp3) is 0.500. The molecule has 0 saturated carbocycles. The predicted octanol–water partition coefficient (Wildman–Crippen LogP) is 4.20. The molecule has 0 bridgehead atoms. The minimum atomic E-state index is 0.0319. The maximum atomic E-state index is 5.96. The number of fused-ring (bicyclic) bond motifs is 2. The molecule has 7 heteroatoms. The summed E-state index contributed by atoms with van der Waals surface area (Å²) in [6, 6.07) is 6.47. The van der Waals surface area contributed by atoms with Crippen molar-refractivity contribution in [2.75, 3.05) is 24.7 Å². The number of nitrogens with zero attached hydrogens (tertiary/aromatic N) is 4. The standard InChI is InChI=1S/C20H24N4O2S/c1-20(2,3)16-12-24-18(21-16)27-19(22-24)23-9-5-7-14(23)13-6-4-8-15-17(13)26-11-10-25-15/h4,6,8,12,14H,5,7,9-11H2,1-3H3. The molecule has 5 rings (SSSR count). The molecule has 0 amide bonds. The molecule has 6 nitrogen and oxygen atoms in total. The largest absolute Gasteiger partial charge is 0.486 e. The Hall–Kier alpha value is -2.28. The Morgan fingerprint density at radius 3 is 2.85 bits per heavy atom. The van der Waals surface area contributed by atoms with E-state index in [2.05, 4.69) is 44.0 Å². The third-order valence-corrected chi connectivity index (χ3v) is 6.21. The lowest BCUT2D eigenvalue weighted by Crippen LogP contribution is -2.24. The van der Waals surface area contributed by atoms with Crippen LogP contribution >= 0.6 is 11.3 Å². The molecule has 1 aromatic carbocycles. The highest BCUT2D eigenvalue weighted by atomic mass is 32.1. The molecular weight excluding hydrogens is 360 g/mol. The van der Waals surface area contributed by atoms with Gasteiger partial charge in [-0.1, -0.05) is 44.2 Å². The Labute approximate surface area is 162 Å². The van der Waals surface area contributed by atoms with Crippen LogP contribution in [0.15, 0.2) is 24.4 Å². The summed E-state index contributed by atoms with van der Waals surface area (Å²) in [6.07, 6.45) is 4.29. The van der Waals surface area contributed by atoms with Crippen LogP contribution in [0.5, 0.6) is 11.5 Å². The van der Waals surface area contributed by atoms with Gasteiger partial charge in [0, 0.05) is 17.5 Å². The minimum absolute atomic E-state index is 0.0319. The second-order valence-electron chi connectivity index (χ2n) is 8.21. The van der Waals surface area contributed by atoms with Gasteiger partial charge in [0.2, 0.25) is 10.1 Å². The average Bonchev–Trinajstić information content (AvgIpc) is 3.34. The molecule has 0 aliphatic carbocycles. The Bertz CT molecular complexity index is 956. The van der Waals surface area contributed by atoms with E-state index in [0.717, 1.165) is 46.7 Å². The second-order valence-corrected chi connectivity index (χ2v) is 9.15. The van der Waals surface area contributed by atoms with Crippen LogP contribution in [0.2, 0.25) is 0 Å². The normalized spacial score (nSPS) is 19.8. The van der Waals surface area contributed by atoms with Crippen LogP contribution in [0.4, 0.5) is 5.13 Å². The molecule has 2 aliphatic heterocycles. The van der Waals surface area contributed by atoms with Gasteiger partial charge in [0.05, 0.1) is 17.9 Å². The quantitative estimate of drug-likeness (QED) is 0.663. The van der Waals surface area contributed by atoms with E-state index in [9.17, 15) is 0 Å². The van der Waals surface area contributed by atoms with Gasteiger partial charge in [0.1, 0.15) is 13.2 Å². The molecule has 1 unspecified atom stereocenters. The maximum absolute atomic E-state index is 5.96. The van der Waals surface area contributed by atoms with Gasteiger partial charge in [-0.05, 0) is 18.9 Å². The molecule has 27 heavy (non-hydrogen) atoms. The summed E-state index contributed by atoms with van der Waals surface area (Å²) in [6.45, 7) is 8.76. The van der Waals surface area contributed by atoms with Crippen molar-refractivity contribution in [1.29, 1.82) is 0 Å². The maximum Gasteiger partial charge on any atom is 0.214 e. The summed E-state index contributed by atoms with van der Waals surface area (Å²) in [4.78, 5) is 8.14. The van der Waals surface area contributed by atoms with E-state index in [-0.39, 0.29) is 11.5 Å². The molecule has 1 atom stereocenters.